The summed E-state index contributed by atoms with van der Waals surface area (Å²) in [6.07, 6.45) is 10.7. The Morgan fingerprint density at radius 3 is 2.42 bits per heavy atom. The lowest BCUT2D eigenvalue weighted by Crippen LogP contribution is -2.46. The van der Waals surface area contributed by atoms with E-state index in [0.29, 0.717) is 22.7 Å². The zero-order valence-corrected chi connectivity index (χ0v) is 23.5. The van der Waals surface area contributed by atoms with Gasteiger partial charge in [0, 0.05) is 46.7 Å². The van der Waals surface area contributed by atoms with Crippen molar-refractivity contribution in [2.45, 2.75) is 44.1 Å². The molecule has 0 radical (unpaired) electrons. The van der Waals surface area contributed by atoms with Crippen LogP contribution in [0.1, 0.15) is 54.1 Å². The van der Waals surface area contributed by atoms with E-state index in [1.54, 1.807) is 55.0 Å². The summed E-state index contributed by atoms with van der Waals surface area (Å²) in [6, 6.07) is 17.0. The first kappa shape index (κ1) is 28.0. The predicted molar refractivity (Wildman–Crippen MR) is 164 cm³/mol. The molecule has 0 aliphatic heterocycles. The molecule has 1 aliphatic carbocycles. The largest absolute Gasteiger partial charge is 0.394 e. The number of benzene rings is 2. The topological polar surface area (TPSA) is 161 Å². The Morgan fingerprint density at radius 2 is 1.72 bits per heavy atom. The number of aliphatic hydroxyl groups excluding tert-OH is 1. The fraction of sp³-hybridized carbons (Fsp3) is 0.250. The second-order valence-electron chi connectivity index (χ2n) is 10.7. The Hall–Kier alpha value is -5.16. The van der Waals surface area contributed by atoms with Crippen LogP contribution in [0.3, 0.4) is 0 Å². The van der Waals surface area contributed by atoms with Gasteiger partial charge in [0.15, 0.2) is 5.82 Å². The van der Waals surface area contributed by atoms with Gasteiger partial charge in [-0.25, -0.2) is 19.6 Å². The summed E-state index contributed by atoms with van der Waals surface area (Å²) in [5, 5.41) is 21.2. The van der Waals surface area contributed by atoms with E-state index in [1.165, 1.54) is 19.3 Å². The molecule has 1 aliphatic rings. The number of anilines is 2. The molecule has 1 fully saturated rings. The van der Waals surface area contributed by atoms with Crippen molar-refractivity contribution in [1.82, 2.24) is 30.0 Å². The van der Waals surface area contributed by atoms with Gasteiger partial charge in [-0.1, -0.05) is 43.5 Å². The van der Waals surface area contributed by atoms with E-state index < -0.39 is 24.5 Å². The van der Waals surface area contributed by atoms with Crippen LogP contribution in [0, 0.1) is 0 Å². The third kappa shape index (κ3) is 6.07. The summed E-state index contributed by atoms with van der Waals surface area (Å²) < 4.78 is 1.90. The Kier molecular flexibility index (Phi) is 8.05. The molecule has 3 aromatic heterocycles. The lowest BCUT2D eigenvalue weighted by Gasteiger charge is -2.22. The molecule has 11 nitrogen and oxygen atoms in total. The van der Waals surface area contributed by atoms with Gasteiger partial charge in [-0.05, 0) is 54.8 Å². The molecule has 6 rings (SSSR count). The number of hydrogen-bond donors (Lipinski definition) is 4. The Balaban J connectivity index is 1.18. The molecule has 1 saturated carbocycles. The highest BCUT2D eigenvalue weighted by Crippen LogP contribution is 2.37. The molecule has 218 valence electrons. The SMILES string of the molecule is Nc1ncc(-c2ccc(NC(=O)[C@H](CO)NC(=O)c3ccc4c(C5CCCCC5)n(-c5ccccn5)nc4c3)cc2)cn1. The Morgan fingerprint density at radius 1 is 0.953 bits per heavy atom. The van der Waals surface area contributed by atoms with Crippen LogP contribution in [0.2, 0.25) is 0 Å². The molecule has 11 heteroatoms. The minimum absolute atomic E-state index is 0.188. The Labute approximate surface area is 248 Å². The van der Waals surface area contributed by atoms with Crippen molar-refractivity contribution in [2.24, 2.45) is 0 Å². The molecule has 0 bridgehead atoms. The van der Waals surface area contributed by atoms with Gasteiger partial charge in [0.25, 0.3) is 5.91 Å². The highest BCUT2D eigenvalue weighted by Gasteiger charge is 2.26. The normalized spacial score (nSPS) is 14.3. The molecule has 5 N–H and O–H groups in total. The van der Waals surface area contributed by atoms with Crippen LogP contribution in [0.25, 0.3) is 27.8 Å². The number of nitrogen functional groups attached to an aromatic ring is 1. The number of carbonyl (C=O) groups is 2. The van der Waals surface area contributed by atoms with Crippen LogP contribution >= 0.6 is 0 Å². The predicted octanol–water partition coefficient (Wildman–Crippen LogP) is 4.24. The van der Waals surface area contributed by atoms with Gasteiger partial charge >= 0.3 is 0 Å². The number of aromatic nitrogens is 5. The van der Waals surface area contributed by atoms with E-state index in [9.17, 15) is 14.7 Å². The molecule has 1 atom stereocenters. The van der Waals surface area contributed by atoms with Gasteiger partial charge in [-0.15, -0.1) is 0 Å². The van der Waals surface area contributed by atoms with Gasteiger partial charge in [-0.2, -0.15) is 5.10 Å². The van der Waals surface area contributed by atoms with Crippen LogP contribution in [-0.4, -0.2) is 54.3 Å². The highest BCUT2D eigenvalue weighted by molar-refractivity contribution is 6.03. The second-order valence-corrected chi connectivity index (χ2v) is 10.7. The van der Waals surface area contributed by atoms with Crippen LogP contribution in [0.4, 0.5) is 11.6 Å². The van der Waals surface area contributed by atoms with Crippen molar-refractivity contribution < 1.29 is 14.7 Å². The lowest BCUT2D eigenvalue weighted by atomic mass is 9.85. The number of nitrogens with one attached hydrogen (secondary N) is 2. The first-order chi connectivity index (χ1) is 21.0. The van der Waals surface area contributed by atoms with E-state index in [-0.39, 0.29) is 5.95 Å². The zero-order valence-electron chi connectivity index (χ0n) is 23.5. The minimum Gasteiger partial charge on any atom is -0.394 e. The van der Waals surface area contributed by atoms with Crippen LogP contribution in [0.5, 0.6) is 0 Å². The number of aliphatic hydroxyl groups is 1. The third-order valence-corrected chi connectivity index (χ3v) is 7.79. The van der Waals surface area contributed by atoms with Crippen molar-refractivity contribution in [2.75, 3.05) is 17.7 Å². The zero-order chi connectivity index (χ0) is 29.8. The van der Waals surface area contributed by atoms with Crippen molar-refractivity contribution in [3.63, 3.8) is 0 Å². The maximum absolute atomic E-state index is 13.2. The second kappa shape index (κ2) is 12.4. The number of rotatable bonds is 8. The summed E-state index contributed by atoms with van der Waals surface area (Å²) in [4.78, 5) is 38.7. The quantitative estimate of drug-likeness (QED) is 0.213. The molecule has 5 aromatic rings. The van der Waals surface area contributed by atoms with E-state index in [0.717, 1.165) is 40.9 Å². The van der Waals surface area contributed by atoms with Gasteiger partial charge in [-0.3, -0.25) is 9.59 Å². The van der Waals surface area contributed by atoms with Crippen LogP contribution < -0.4 is 16.4 Å². The number of nitrogens with zero attached hydrogens (tertiary/aromatic N) is 5. The molecule has 0 unspecified atom stereocenters. The maximum atomic E-state index is 13.2. The number of pyridine rings is 1. The van der Waals surface area contributed by atoms with Crippen molar-refractivity contribution in [3.05, 3.63) is 90.5 Å². The van der Waals surface area contributed by atoms with E-state index >= 15 is 0 Å². The number of hydrogen-bond acceptors (Lipinski definition) is 8. The third-order valence-electron chi connectivity index (χ3n) is 7.79. The standard InChI is InChI=1S/C32H32N8O3/c33-32-35-17-23(18-36-32)20-9-12-24(13-10-20)37-31(43)27(19-41)38-30(42)22-11-14-25-26(16-22)39-40(28-8-4-5-15-34-28)29(25)21-6-2-1-3-7-21/h4-5,8-18,21,27,41H,1-3,6-7,19H2,(H,37,43)(H,38,42)(H2,33,35,36)/t27-/m0/s1. The molecular weight excluding hydrogens is 544 g/mol. The summed E-state index contributed by atoms with van der Waals surface area (Å²) in [5.41, 5.74) is 9.82. The summed E-state index contributed by atoms with van der Waals surface area (Å²) in [5.74, 6) is 0.253. The van der Waals surface area contributed by atoms with E-state index in [1.807, 2.05) is 28.9 Å². The monoisotopic (exact) mass is 576 g/mol. The molecular formula is C32H32N8O3. The van der Waals surface area contributed by atoms with Crippen molar-refractivity contribution in [3.8, 4) is 16.9 Å². The highest BCUT2D eigenvalue weighted by atomic mass is 16.3. The van der Waals surface area contributed by atoms with Gasteiger partial charge in [0.2, 0.25) is 11.9 Å². The molecule has 0 saturated heterocycles. The molecule has 2 aromatic carbocycles. The smallest absolute Gasteiger partial charge is 0.252 e. The van der Waals surface area contributed by atoms with Crippen LogP contribution in [-0.2, 0) is 4.79 Å². The van der Waals surface area contributed by atoms with Crippen LogP contribution in [0.15, 0.2) is 79.3 Å². The van der Waals surface area contributed by atoms with E-state index in [4.69, 9.17) is 10.8 Å². The average Bonchev–Trinajstić information content (AvgIpc) is 3.44. The fourth-order valence-electron chi connectivity index (χ4n) is 5.57. The molecule has 2 amide bonds. The summed E-state index contributed by atoms with van der Waals surface area (Å²) in [7, 11) is 0. The number of nitrogens with two attached hydrogens (primary N) is 1. The van der Waals surface area contributed by atoms with Gasteiger partial charge in [0.1, 0.15) is 6.04 Å². The maximum Gasteiger partial charge on any atom is 0.252 e. The molecule has 3 heterocycles. The minimum atomic E-state index is -1.16. The fourth-order valence-corrected chi connectivity index (χ4v) is 5.57. The molecule has 43 heavy (non-hydrogen) atoms. The van der Waals surface area contributed by atoms with Gasteiger partial charge < -0.3 is 21.5 Å². The van der Waals surface area contributed by atoms with Crippen molar-refractivity contribution >= 4 is 34.4 Å². The number of carbonyl (C=O) groups excluding carboxylic acids is 2. The van der Waals surface area contributed by atoms with Gasteiger partial charge in [0.05, 0.1) is 17.8 Å². The summed E-state index contributed by atoms with van der Waals surface area (Å²) >= 11 is 0. The Bertz CT molecular complexity index is 1730. The average molecular weight is 577 g/mol. The lowest BCUT2D eigenvalue weighted by molar-refractivity contribution is -0.118. The number of amides is 2. The first-order valence-corrected chi connectivity index (χ1v) is 14.3. The first-order valence-electron chi connectivity index (χ1n) is 14.3. The summed E-state index contributed by atoms with van der Waals surface area (Å²) in [6.45, 7) is -0.569. The van der Waals surface area contributed by atoms with E-state index in [2.05, 4.69) is 25.6 Å². The molecule has 0 spiro atoms. The number of fused-ring (bicyclic) bond motifs is 1. The van der Waals surface area contributed by atoms with Crippen molar-refractivity contribution in [1.29, 1.82) is 0 Å².